The summed E-state index contributed by atoms with van der Waals surface area (Å²) in [5, 5.41) is 0. The second-order valence-corrected chi connectivity index (χ2v) is 4.49. The molecule has 2 rings (SSSR count). The highest BCUT2D eigenvalue weighted by molar-refractivity contribution is 5.80. The van der Waals surface area contributed by atoms with Crippen LogP contribution < -0.4 is 9.64 Å². The quantitative estimate of drug-likeness (QED) is 0.779. The molecular formula is C14H20N2O3. The molecule has 1 aliphatic heterocycles. The van der Waals surface area contributed by atoms with Gasteiger partial charge in [-0.2, -0.15) is 0 Å². The molecule has 0 saturated carbocycles. The molecule has 1 atom stereocenters. The van der Waals surface area contributed by atoms with Gasteiger partial charge >= 0.3 is 5.97 Å². The highest BCUT2D eigenvalue weighted by atomic mass is 16.5. The van der Waals surface area contributed by atoms with Crippen molar-refractivity contribution >= 4 is 11.8 Å². The Labute approximate surface area is 113 Å². The molecule has 0 aliphatic carbocycles. The summed E-state index contributed by atoms with van der Waals surface area (Å²) < 4.78 is 10.5. The maximum Gasteiger partial charge on any atom is 0.328 e. The van der Waals surface area contributed by atoms with Crippen molar-refractivity contribution < 1.29 is 14.3 Å². The predicted octanol–water partition coefficient (Wildman–Crippen LogP) is 2.01. The van der Waals surface area contributed by atoms with Crippen LogP contribution in [0.25, 0.3) is 0 Å². The first-order valence-electron chi connectivity index (χ1n) is 6.70. The van der Waals surface area contributed by atoms with E-state index in [1.165, 1.54) is 0 Å². The maximum atomic E-state index is 12.0. The molecule has 1 aromatic heterocycles. The lowest BCUT2D eigenvalue weighted by Gasteiger charge is -2.35. The molecular weight excluding hydrogens is 244 g/mol. The summed E-state index contributed by atoms with van der Waals surface area (Å²) in [6.45, 7) is 3.03. The van der Waals surface area contributed by atoms with Gasteiger partial charge < -0.3 is 14.4 Å². The molecule has 5 heteroatoms. The number of rotatable bonds is 4. The number of aromatic nitrogens is 1. The Bertz CT molecular complexity index is 436. The number of anilines is 1. The van der Waals surface area contributed by atoms with Gasteiger partial charge in [0.15, 0.2) is 11.6 Å². The number of hydrogen-bond acceptors (Lipinski definition) is 5. The van der Waals surface area contributed by atoms with E-state index in [4.69, 9.17) is 9.47 Å². The predicted molar refractivity (Wildman–Crippen MR) is 72.4 cm³/mol. The molecule has 0 spiro atoms. The minimum Gasteiger partial charge on any atom is -0.493 e. The number of ether oxygens (including phenoxy) is 2. The van der Waals surface area contributed by atoms with Crippen LogP contribution in [0.15, 0.2) is 18.3 Å². The average molecular weight is 264 g/mol. The second-order valence-electron chi connectivity index (χ2n) is 4.49. The molecule has 5 nitrogen and oxygen atoms in total. The van der Waals surface area contributed by atoms with Gasteiger partial charge in [-0.15, -0.1) is 0 Å². The van der Waals surface area contributed by atoms with Gasteiger partial charge in [0, 0.05) is 12.7 Å². The Morgan fingerprint density at radius 2 is 2.37 bits per heavy atom. The Hall–Kier alpha value is -1.78. The van der Waals surface area contributed by atoms with E-state index in [2.05, 4.69) is 4.98 Å². The molecule has 104 valence electrons. The fourth-order valence-electron chi connectivity index (χ4n) is 2.43. The lowest BCUT2D eigenvalue weighted by Crippen LogP contribution is -2.46. The second kappa shape index (κ2) is 6.41. The van der Waals surface area contributed by atoms with Crippen molar-refractivity contribution in [3.05, 3.63) is 18.3 Å². The lowest BCUT2D eigenvalue weighted by atomic mass is 10.0. The van der Waals surface area contributed by atoms with Gasteiger partial charge in [0.1, 0.15) is 6.04 Å². The van der Waals surface area contributed by atoms with Crippen LogP contribution in [0.2, 0.25) is 0 Å². The van der Waals surface area contributed by atoms with E-state index in [0.29, 0.717) is 12.4 Å². The van der Waals surface area contributed by atoms with Crippen molar-refractivity contribution in [2.45, 2.75) is 32.2 Å². The minimum atomic E-state index is -0.252. The molecule has 0 N–H and O–H groups in total. The third kappa shape index (κ3) is 2.97. The number of carbonyl (C=O) groups excluding carboxylic acids is 1. The molecule has 0 aromatic carbocycles. The van der Waals surface area contributed by atoms with Gasteiger partial charge in [-0.05, 0) is 38.3 Å². The van der Waals surface area contributed by atoms with E-state index < -0.39 is 0 Å². The molecule has 2 heterocycles. The Morgan fingerprint density at radius 3 is 3.11 bits per heavy atom. The third-order valence-electron chi connectivity index (χ3n) is 3.30. The zero-order valence-electron chi connectivity index (χ0n) is 11.5. The van der Waals surface area contributed by atoms with E-state index in [0.717, 1.165) is 31.6 Å². The molecule has 1 fully saturated rings. The summed E-state index contributed by atoms with van der Waals surface area (Å²) in [4.78, 5) is 18.4. The topological polar surface area (TPSA) is 51.7 Å². The Kier molecular flexibility index (Phi) is 4.60. The van der Waals surface area contributed by atoms with Gasteiger partial charge in [0.05, 0.1) is 13.7 Å². The summed E-state index contributed by atoms with van der Waals surface area (Å²) in [5.41, 5.74) is 0. The first kappa shape index (κ1) is 13.6. The van der Waals surface area contributed by atoms with Crippen LogP contribution >= 0.6 is 0 Å². The Morgan fingerprint density at radius 1 is 1.53 bits per heavy atom. The average Bonchev–Trinajstić information content (AvgIpc) is 2.47. The van der Waals surface area contributed by atoms with Crippen molar-refractivity contribution in [3.63, 3.8) is 0 Å². The zero-order chi connectivity index (χ0) is 13.7. The number of esters is 1. The molecule has 1 aromatic rings. The molecule has 1 aliphatic rings. The fourth-order valence-corrected chi connectivity index (χ4v) is 2.43. The van der Waals surface area contributed by atoms with Gasteiger partial charge in [-0.1, -0.05) is 0 Å². The molecule has 1 unspecified atom stereocenters. The van der Waals surface area contributed by atoms with Crippen molar-refractivity contribution in [1.29, 1.82) is 0 Å². The molecule has 0 bridgehead atoms. The highest BCUT2D eigenvalue weighted by Crippen LogP contribution is 2.30. The number of methoxy groups -OCH3 is 1. The van der Waals surface area contributed by atoms with Crippen LogP contribution in [0.1, 0.15) is 26.2 Å². The number of nitrogens with zero attached hydrogens (tertiary/aromatic N) is 2. The van der Waals surface area contributed by atoms with Crippen molar-refractivity contribution in [3.8, 4) is 5.75 Å². The molecule has 19 heavy (non-hydrogen) atoms. The number of piperidine rings is 1. The SMILES string of the molecule is CCOC(=O)C1CCCCN1c1ncccc1OC. The third-order valence-corrected chi connectivity index (χ3v) is 3.30. The largest absolute Gasteiger partial charge is 0.493 e. The first-order valence-corrected chi connectivity index (χ1v) is 6.70. The van der Waals surface area contributed by atoms with E-state index in [1.54, 1.807) is 13.3 Å². The van der Waals surface area contributed by atoms with Crippen molar-refractivity contribution in [2.24, 2.45) is 0 Å². The van der Waals surface area contributed by atoms with Gasteiger partial charge in [0.25, 0.3) is 0 Å². The standard InChI is InChI=1S/C14H20N2O3/c1-3-19-14(17)11-7-4-5-10-16(11)13-12(18-2)8-6-9-15-13/h6,8-9,11H,3-5,7,10H2,1-2H3. The zero-order valence-corrected chi connectivity index (χ0v) is 11.5. The summed E-state index contributed by atoms with van der Waals surface area (Å²) in [7, 11) is 1.61. The molecule has 0 radical (unpaired) electrons. The van der Waals surface area contributed by atoms with Crippen LogP contribution in [0.4, 0.5) is 5.82 Å². The Balaban J connectivity index is 2.26. The van der Waals surface area contributed by atoms with E-state index >= 15 is 0 Å². The van der Waals surface area contributed by atoms with Gasteiger partial charge in [0.2, 0.25) is 0 Å². The number of pyridine rings is 1. The van der Waals surface area contributed by atoms with Crippen molar-refractivity contribution in [1.82, 2.24) is 4.98 Å². The fraction of sp³-hybridized carbons (Fsp3) is 0.571. The maximum absolute atomic E-state index is 12.0. The number of hydrogen-bond donors (Lipinski definition) is 0. The lowest BCUT2D eigenvalue weighted by molar-refractivity contribution is -0.145. The van der Waals surface area contributed by atoms with E-state index in [-0.39, 0.29) is 12.0 Å². The normalized spacial score (nSPS) is 19.1. The van der Waals surface area contributed by atoms with E-state index in [1.807, 2.05) is 24.0 Å². The summed E-state index contributed by atoms with van der Waals surface area (Å²) in [5.74, 6) is 1.25. The van der Waals surface area contributed by atoms with Crippen LogP contribution in [0.5, 0.6) is 5.75 Å². The number of carbonyl (C=O) groups is 1. The minimum absolute atomic E-state index is 0.171. The van der Waals surface area contributed by atoms with Crippen LogP contribution in [-0.2, 0) is 9.53 Å². The van der Waals surface area contributed by atoms with Crippen LogP contribution in [-0.4, -0.2) is 37.3 Å². The highest BCUT2D eigenvalue weighted by Gasteiger charge is 2.32. The van der Waals surface area contributed by atoms with Gasteiger partial charge in [-0.3, -0.25) is 0 Å². The molecule has 0 amide bonds. The van der Waals surface area contributed by atoms with Gasteiger partial charge in [-0.25, -0.2) is 9.78 Å². The summed E-state index contributed by atoms with van der Waals surface area (Å²) in [6.07, 6.45) is 4.61. The monoisotopic (exact) mass is 264 g/mol. The summed E-state index contributed by atoms with van der Waals surface area (Å²) in [6, 6.07) is 3.43. The summed E-state index contributed by atoms with van der Waals surface area (Å²) >= 11 is 0. The van der Waals surface area contributed by atoms with Crippen LogP contribution in [0, 0.1) is 0 Å². The molecule has 1 saturated heterocycles. The van der Waals surface area contributed by atoms with E-state index in [9.17, 15) is 4.79 Å². The van der Waals surface area contributed by atoms with Crippen LogP contribution in [0.3, 0.4) is 0 Å². The van der Waals surface area contributed by atoms with Crippen molar-refractivity contribution in [2.75, 3.05) is 25.2 Å². The smallest absolute Gasteiger partial charge is 0.328 e. The first-order chi connectivity index (χ1) is 9.27.